The summed E-state index contributed by atoms with van der Waals surface area (Å²) in [5.74, 6) is 0.295. The van der Waals surface area contributed by atoms with Crippen molar-refractivity contribution in [2.24, 2.45) is 7.05 Å². The number of aromatic hydroxyl groups is 1. The van der Waals surface area contributed by atoms with Crippen molar-refractivity contribution in [2.75, 3.05) is 0 Å². The van der Waals surface area contributed by atoms with Crippen LogP contribution in [0.25, 0.3) is 12.2 Å². The van der Waals surface area contributed by atoms with Crippen molar-refractivity contribution in [1.82, 2.24) is 0 Å². The van der Waals surface area contributed by atoms with Gasteiger partial charge in [0.05, 0.1) is 0 Å². The molecule has 3 heteroatoms. The van der Waals surface area contributed by atoms with Gasteiger partial charge in [-0.05, 0) is 23.3 Å². The average Bonchev–Trinajstić information content (AvgIpc) is 2.30. The highest BCUT2D eigenvalue weighted by atomic mass is 79.9. The summed E-state index contributed by atoms with van der Waals surface area (Å²) < 4.78 is 2.00. The molecule has 0 fully saturated rings. The first-order valence-electron chi connectivity index (χ1n) is 5.16. The molecular formula is C14H14BrNO. The fourth-order valence-corrected chi connectivity index (χ4v) is 1.40. The second-order valence-electron chi connectivity index (χ2n) is 3.72. The molecule has 1 aromatic heterocycles. The molecule has 17 heavy (non-hydrogen) atoms. The molecule has 88 valence electrons. The second-order valence-corrected chi connectivity index (χ2v) is 3.72. The van der Waals surface area contributed by atoms with Crippen LogP contribution >= 0.6 is 0 Å². The van der Waals surface area contributed by atoms with Crippen molar-refractivity contribution in [2.45, 2.75) is 0 Å². The van der Waals surface area contributed by atoms with Crippen molar-refractivity contribution in [3.63, 3.8) is 0 Å². The lowest BCUT2D eigenvalue weighted by Gasteiger charge is -1.94. The number of aryl methyl sites for hydroxylation is 1. The van der Waals surface area contributed by atoms with Gasteiger partial charge in [0, 0.05) is 12.1 Å². The molecule has 0 unspecified atom stereocenters. The maximum absolute atomic E-state index is 9.15. The Morgan fingerprint density at radius 1 is 0.882 bits per heavy atom. The number of rotatable bonds is 2. The van der Waals surface area contributed by atoms with Gasteiger partial charge in [0.2, 0.25) is 0 Å². The highest BCUT2D eigenvalue weighted by Crippen LogP contribution is 2.12. The fraction of sp³-hybridized carbons (Fsp3) is 0.0714. The zero-order chi connectivity index (χ0) is 11.4. The third kappa shape index (κ3) is 4.04. The molecule has 0 aliphatic carbocycles. The summed E-state index contributed by atoms with van der Waals surface area (Å²) in [4.78, 5) is 0. The number of aromatic nitrogens is 1. The molecule has 0 aliphatic rings. The van der Waals surface area contributed by atoms with Crippen LogP contribution in [0.15, 0.2) is 48.8 Å². The molecule has 0 spiro atoms. The molecule has 2 nitrogen and oxygen atoms in total. The van der Waals surface area contributed by atoms with Gasteiger partial charge >= 0.3 is 0 Å². The van der Waals surface area contributed by atoms with E-state index in [1.807, 2.05) is 48.3 Å². The van der Waals surface area contributed by atoms with Gasteiger partial charge in [0.15, 0.2) is 12.4 Å². The lowest BCUT2D eigenvalue weighted by Crippen LogP contribution is -3.00. The van der Waals surface area contributed by atoms with Gasteiger partial charge in [0.25, 0.3) is 0 Å². The quantitative estimate of drug-likeness (QED) is 0.734. The molecule has 2 aromatic rings. The topological polar surface area (TPSA) is 24.1 Å². The van der Waals surface area contributed by atoms with Crippen LogP contribution in [-0.2, 0) is 7.05 Å². The van der Waals surface area contributed by atoms with E-state index >= 15 is 0 Å². The van der Waals surface area contributed by atoms with E-state index in [1.54, 1.807) is 12.1 Å². The summed E-state index contributed by atoms with van der Waals surface area (Å²) in [6.45, 7) is 0. The van der Waals surface area contributed by atoms with E-state index in [4.69, 9.17) is 5.11 Å². The number of hydrogen-bond acceptors (Lipinski definition) is 1. The van der Waals surface area contributed by atoms with Crippen molar-refractivity contribution in [3.8, 4) is 5.75 Å². The van der Waals surface area contributed by atoms with Gasteiger partial charge < -0.3 is 22.1 Å². The van der Waals surface area contributed by atoms with E-state index < -0.39 is 0 Å². The number of halogens is 1. The van der Waals surface area contributed by atoms with E-state index in [0.717, 1.165) is 11.1 Å². The van der Waals surface area contributed by atoms with E-state index in [-0.39, 0.29) is 17.0 Å². The van der Waals surface area contributed by atoms with Gasteiger partial charge in [-0.1, -0.05) is 24.3 Å². The molecule has 0 aliphatic heterocycles. The number of nitrogens with zero attached hydrogens (tertiary/aromatic N) is 1. The summed E-state index contributed by atoms with van der Waals surface area (Å²) >= 11 is 0. The zero-order valence-corrected chi connectivity index (χ0v) is 11.1. The summed E-state index contributed by atoms with van der Waals surface area (Å²) in [6, 6.07) is 11.2. The Morgan fingerprint density at radius 3 is 1.88 bits per heavy atom. The molecule has 2 rings (SSSR count). The molecule has 1 N–H and O–H groups in total. The monoisotopic (exact) mass is 291 g/mol. The van der Waals surface area contributed by atoms with Gasteiger partial charge in [-0.2, -0.15) is 0 Å². The van der Waals surface area contributed by atoms with Crippen LogP contribution in [0.1, 0.15) is 11.1 Å². The minimum absolute atomic E-state index is 0. The molecule has 0 radical (unpaired) electrons. The van der Waals surface area contributed by atoms with Gasteiger partial charge in [-0.3, -0.25) is 0 Å². The van der Waals surface area contributed by atoms with Crippen molar-refractivity contribution in [1.29, 1.82) is 0 Å². The second kappa shape index (κ2) is 6.21. The Morgan fingerprint density at radius 2 is 1.35 bits per heavy atom. The third-order valence-corrected chi connectivity index (χ3v) is 2.37. The Labute approximate surface area is 112 Å². The summed E-state index contributed by atoms with van der Waals surface area (Å²) in [5, 5.41) is 9.15. The van der Waals surface area contributed by atoms with E-state index in [9.17, 15) is 0 Å². The lowest BCUT2D eigenvalue weighted by atomic mass is 10.1. The Balaban J connectivity index is 0.00000144. The van der Waals surface area contributed by atoms with E-state index in [2.05, 4.69) is 12.1 Å². The minimum atomic E-state index is 0. The highest BCUT2D eigenvalue weighted by molar-refractivity contribution is 5.69. The summed E-state index contributed by atoms with van der Waals surface area (Å²) in [5.41, 5.74) is 2.23. The number of phenols is 1. The van der Waals surface area contributed by atoms with Crippen LogP contribution in [0.4, 0.5) is 0 Å². The van der Waals surface area contributed by atoms with Crippen LogP contribution in [0.3, 0.4) is 0 Å². The molecule has 0 amide bonds. The lowest BCUT2D eigenvalue weighted by molar-refractivity contribution is -0.671. The molecule has 0 atom stereocenters. The maximum Gasteiger partial charge on any atom is 0.169 e. The van der Waals surface area contributed by atoms with Gasteiger partial charge in [-0.25, -0.2) is 4.57 Å². The smallest absolute Gasteiger partial charge is 0.169 e. The predicted molar refractivity (Wildman–Crippen MR) is 64.7 cm³/mol. The first-order chi connectivity index (χ1) is 7.74. The number of benzene rings is 1. The molecule has 1 aromatic carbocycles. The highest BCUT2D eigenvalue weighted by Gasteiger charge is 1.92. The number of pyridine rings is 1. The molecule has 1 heterocycles. The van der Waals surface area contributed by atoms with Crippen LogP contribution in [0.5, 0.6) is 5.75 Å². The number of phenolic OH excluding ortho intramolecular Hbond substituents is 1. The zero-order valence-electron chi connectivity index (χ0n) is 9.55. The molecular weight excluding hydrogens is 278 g/mol. The SMILES string of the molecule is C[n+]1ccc(C=Cc2ccc(O)cc2)cc1.[Br-]. The normalized spacial score (nSPS) is 10.2. The standard InChI is InChI=1S/C14H13NO.BrH/c1-15-10-8-13(9-11-15)3-2-12-4-6-14(16)7-5-12;/h2-11H,1H3;1H. The molecule has 0 saturated heterocycles. The van der Waals surface area contributed by atoms with Gasteiger partial charge in [0.1, 0.15) is 12.8 Å². The largest absolute Gasteiger partial charge is 1.00 e. The van der Waals surface area contributed by atoms with E-state index in [1.165, 1.54) is 0 Å². The van der Waals surface area contributed by atoms with Crippen LogP contribution in [0.2, 0.25) is 0 Å². The predicted octanol–water partition coefficient (Wildman–Crippen LogP) is -0.609. The fourth-order valence-electron chi connectivity index (χ4n) is 1.40. The Kier molecular flexibility index (Phi) is 4.91. The van der Waals surface area contributed by atoms with Crippen LogP contribution < -0.4 is 21.5 Å². The summed E-state index contributed by atoms with van der Waals surface area (Å²) in [6.07, 6.45) is 8.09. The van der Waals surface area contributed by atoms with E-state index in [0.29, 0.717) is 5.75 Å². The first-order valence-corrected chi connectivity index (χ1v) is 5.16. The van der Waals surface area contributed by atoms with Crippen LogP contribution in [0, 0.1) is 0 Å². The van der Waals surface area contributed by atoms with Crippen molar-refractivity contribution < 1.29 is 26.7 Å². The van der Waals surface area contributed by atoms with Crippen molar-refractivity contribution in [3.05, 3.63) is 59.9 Å². The molecule has 0 bridgehead atoms. The molecule has 0 saturated carbocycles. The van der Waals surface area contributed by atoms with Crippen LogP contribution in [-0.4, -0.2) is 5.11 Å². The first kappa shape index (κ1) is 13.5. The maximum atomic E-state index is 9.15. The summed E-state index contributed by atoms with van der Waals surface area (Å²) in [7, 11) is 1.99. The van der Waals surface area contributed by atoms with Gasteiger partial charge in [-0.15, -0.1) is 0 Å². The van der Waals surface area contributed by atoms with Crippen molar-refractivity contribution >= 4 is 12.2 Å². The minimum Gasteiger partial charge on any atom is -1.00 e. The Bertz CT molecular complexity index is 441. The Hall–Kier alpha value is -1.61. The average molecular weight is 292 g/mol. The third-order valence-electron chi connectivity index (χ3n) is 2.37. The number of hydrogen-bond donors (Lipinski definition) is 1.